The molecule has 0 aromatic heterocycles. The van der Waals surface area contributed by atoms with Crippen molar-refractivity contribution in [2.24, 2.45) is 0 Å². The summed E-state index contributed by atoms with van der Waals surface area (Å²) in [6, 6.07) is 15.0. The molecule has 6 nitrogen and oxygen atoms in total. The first-order valence-electron chi connectivity index (χ1n) is 10.6. The van der Waals surface area contributed by atoms with E-state index in [4.69, 9.17) is 0 Å². The Kier molecular flexibility index (Phi) is 6.23. The van der Waals surface area contributed by atoms with Crippen LogP contribution in [-0.4, -0.2) is 60.1 Å². The highest BCUT2D eigenvalue weighted by Gasteiger charge is 2.23. The Hall–Kier alpha value is -2.99. The van der Waals surface area contributed by atoms with Crippen LogP contribution < -0.4 is 5.32 Å². The van der Waals surface area contributed by atoms with Crippen molar-refractivity contribution in [3.05, 3.63) is 65.2 Å². The fourth-order valence-electron chi connectivity index (χ4n) is 4.11. The predicted molar refractivity (Wildman–Crippen MR) is 116 cm³/mol. The number of benzene rings is 2. The third-order valence-corrected chi connectivity index (χ3v) is 5.88. The normalized spacial score (nSPS) is 16.7. The van der Waals surface area contributed by atoms with E-state index in [2.05, 4.69) is 10.2 Å². The van der Waals surface area contributed by atoms with Gasteiger partial charge in [-0.25, -0.2) is 0 Å². The quantitative estimate of drug-likeness (QED) is 0.750. The van der Waals surface area contributed by atoms with Crippen LogP contribution in [0.2, 0.25) is 0 Å². The van der Waals surface area contributed by atoms with E-state index in [0.29, 0.717) is 37.9 Å². The zero-order valence-electron chi connectivity index (χ0n) is 17.1. The van der Waals surface area contributed by atoms with Gasteiger partial charge in [0.25, 0.3) is 5.91 Å². The lowest BCUT2D eigenvalue weighted by Crippen LogP contribution is -2.48. The number of ketones is 1. The third-order valence-electron chi connectivity index (χ3n) is 5.88. The molecule has 30 heavy (non-hydrogen) atoms. The number of piperazine rings is 1. The first-order valence-corrected chi connectivity index (χ1v) is 10.6. The smallest absolute Gasteiger partial charge is 0.253 e. The van der Waals surface area contributed by atoms with Gasteiger partial charge in [-0.05, 0) is 43.1 Å². The van der Waals surface area contributed by atoms with E-state index in [1.165, 1.54) is 0 Å². The lowest BCUT2D eigenvalue weighted by atomic mass is 10.00. The van der Waals surface area contributed by atoms with E-state index >= 15 is 0 Å². The van der Waals surface area contributed by atoms with E-state index in [1.807, 2.05) is 47.4 Å². The van der Waals surface area contributed by atoms with Crippen LogP contribution in [0.3, 0.4) is 0 Å². The third kappa shape index (κ3) is 4.76. The monoisotopic (exact) mass is 405 g/mol. The summed E-state index contributed by atoms with van der Waals surface area (Å²) in [6.07, 6.45) is 2.53. The van der Waals surface area contributed by atoms with Crippen LogP contribution in [-0.2, 0) is 11.2 Å². The summed E-state index contributed by atoms with van der Waals surface area (Å²) in [5.41, 5.74) is 3.31. The van der Waals surface area contributed by atoms with Gasteiger partial charge in [0.05, 0.1) is 0 Å². The highest BCUT2D eigenvalue weighted by atomic mass is 16.2. The molecule has 2 amide bonds. The van der Waals surface area contributed by atoms with E-state index in [1.54, 1.807) is 6.07 Å². The average Bonchev–Trinajstić information content (AvgIpc) is 2.79. The molecule has 1 saturated heterocycles. The molecule has 2 aromatic rings. The molecule has 156 valence electrons. The zero-order chi connectivity index (χ0) is 20.9. The van der Waals surface area contributed by atoms with Crippen LogP contribution in [0, 0.1) is 0 Å². The van der Waals surface area contributed by atoms with Crippen molar-refractivity contribution >= 4 is 23.3 Å². The largest absolute Gasteiger partial charge is 0.336 e. The summed E-state index contributed by atoms with van der Waals surface area (Å²) < 4.78 is 0. The lowest BCUT2D eigenvalue weighted by Gasteiger charge is -2.35. The van der Waals surface area contributed by atoms with Gasteiger partial charge in [-0.3, -0.25) is 19.3 Å². The minimum Gasteiger partial charge on any atom is -0.336 e. The highest BCUT2D eigenvalue weighted by Crippen LogP contribution is 2.24. The fraction of sp³-hybridized carbons (Fsp3) is 0.375. The maximum Gasteiger partial charge on any atom is 0.253 e. The molecule has 6 heteroatoms. The Bertz CT molecular complexity index is 934. The molecule has 0 bridgehead atoms. The van der Waals surface area contributed by atoms with Crippen molar-refractivity contribution in [2.45, 2.75) is 25.7 Å². The SMILES string of the molecule is O=C1CCc2cc(C(=O)N3CCN(CCCC(=O)c4ccccc4)CC3)ccc2N1. The first kappa shape index (κ1) is 20.3. The summed E-state index contributed by atoms with van der Waals surface area (Å²) in [5, 5.41) is 2.85. The lowest BCUT2D eigenvalue weighted by molar-refractivity contribution is -0.116. The molecule has 1 fully saturated rings. The van der Waals surface area contributed by atoms with Gasteiger partial charge in [0, 0.05) is 55.8 Å². The molecule has 0 spiro atoms. The summed E-state index contributed by atoms with van der Waals surface area (Å²) in [4.78, 5) is 40.8. The number of amides is 2. The van der Waals surface area contributed by atoms with Crippen molar-refractivity contribution < 1.29 is 14.4 Å². The van der Waals surface area contributed by atoms with E-state index < -0.39 is 0 Å². The Morgan fingerprint density at radius 2 is 1.67 bits per heavy atom. The van der Waals surface area contributed by atoms with E-state index in [-0.39, 0.29) is 17.6 Å². The van der Waals surface area contributed by atoms with Crippen LogP contribution in [0.5, 0.6) is 0 Å². The fourth-order valence-corrected chi connectivity index (χ4v) is 4.11. The van der Waals surface area contributed by atoms with Crippen molar-refractivity contribution in [3.8, 4) is 0 Å². The number of carbonyl (C=O) groups excluding carboxylic acids is 3. The Morgan fingerprint density at radius 3 is 2.43 bits per heavy atom. The number of rotatable bonds is 6. The highest BCUT2D eigenvalue weighted by molar-refractivity contribution is 5.98. The Balaban J connectivity index is 1.24. The van der Waals surface area contributed by atoms with Crippen molar-refractivity contribution in [1.82, 2.24) is 9.80 Å². The number of anilines is 1. The molecule has 0 unspecified atom stereocenters. The van der Waals surface area contributed by atoms with Gasteiger partial charge in [-0.2, -0.15) is 0 Å². The van der Waals surface area contributed by atoms with Crippen LogP contribution >= 0.6 is 0 Å². The molecule has 2 aliphatic heterocycles. The number of nitrogens with zero attached hydrogens (tertiary/aromatic N) is 2. The van der Waals surface area contributed by atoms with Gasteiger partial charge in [-0.15, -0.1) is 0 Å². The van der Waals surface area contributed by atoms with Crippen LogP contribution in [0.1, 0.15) is 45.5 Å². The molecular formula is C24H27N3O3. The second kappa shape index (κ2) is 9.22. The van der Waals surface area contributed by atoms with E-state index in [9.17, 15) is 14.4 Å². The van der Waals surface area contributed by atoms with Crippen LogP contribution in [0.4, 0.5) is 5.69 Å². The van der Waals surface area contributed by atoms with Crippen LogP contribution in [0.15, 0.2) is 48.5 Å². The number of hydrogen-bond acceptors (Lipinski definition) is 4. The van der Waals surface area contributed by atoms with Crippen LogP contribution in [0.25, 0.3) is 0 Å². The number of carbonyl (C=O) groups is 3. The summed E-state index contributed by atoms with van der Waals surface area (Å²) in [5.74, 6) is 0.268. The number of fused-ring (bicyclic) bond motifs is 1. The van der Waals surface area contributed by atoms with Gasteiger partial charge in [-0.1, -0.05) is 30.3 Å². The summed E-state index contributed by atoms with van der Waals surface area (Å²) in [6.45, 7) is 3.91. The topological polar surface area (TPSA) is 69.7 Å². The Labute approximate surface area is 176 Å². The minimum absolute atomic E-state index is 0.0307. The maximum absolute atomic E-state index is 12.9. The van der Waals surface area contributed by atoms with E-state index in [0.717, 1.165) is 42.9 Å². The van der Waals surface area contributed by atoms with Crippen molar-refractivity contribution in [1.29, 1.82) is 0 Å². The number of hydrogen-bond donors (Lipinski definition) is 1. The summed E-state index contributed by atoms with van der Waals surface area (Å²) >= 11 is 0. The first-order chi connectivity index (χ1) is 14.6. The number of aryl methyl sites for hydroxylation is 1. The molecule has 0 atom stereocenters. The Morgan fingerprint density at radius 1 is 0.900 bits per heavy atom. The molecule has 0 saturated carbocycles. The van der Waals surface area contributed by atoms with Crippen molar-refractivity contribution in [2.75, 3.05) is 38.0 Å². The van der Waals surface area contributed by atoms with Crippen molar-refractivity contribution in [3.63, 3.8) is 0 Å². The average molecular weight is 405 g/mol. The maximum atomic E-state index is 12.9. The molecule has 0 radical (unpaired) electrons. The van der Waals surface area contributed by atoms with Gasteiger partial charge in [0.15, 0.2) is 5.78 Å². The second-order valence-electron chi connectivity index (χ2n) is 7.95. The molecule has 2 heterocycles. The van der Waals surface area contributed by atoms with Gasteiger partial charge in [0.2, 0.25) is 5.91 Å². The molecule has 4 rings (SSSR count). The molecule has 0 aliphatic carbocycles. The van der Waals surface area contributed by atoms with Gasteiger partial charge in [0.1, 0.15) is 0 Å². The zero-order valence-corrected chi connectivity index (χ0v) is 17.1. The predicted octanol–water partition coefficient (Wildman–Crippen LogP) is 2.99. The minimum atomic E-state index is 0.0307. The summed E-state index contributed by atoms with van der Waals surface area (Å²) in [7, 11) is 0. The standard InChI is InChI=1S/C24H27N3O3/c28-22(18-5-2-1-3-6-18)7-4-12-26-13-15-27(16-14-26)24(30)20-8-10-21-19(17-20)9-11-23(29)25-21/h1-3,5-6,8,10,17H,4,7,9,11-16H2,(H,25,29). The molecule has 2 aromatic carbocycles. The second-order valence-corrected chi connectivity index (χ2v) is 7.95. The molecule has 1 N–H and O–H groups in total. The molecule has 2 aliphatic rings. The van der Waals surface area contributed by atoms with Gasteiger partial charge >= 0.3 is 0 Å². The van der Waals surface area contributed by atoms with Gasteiger partial charge < -0.3 is 10.2 Å². The molecular weight excluding hydrogens is 378 g/mol. The number of nitrogens with one attached hydrogen (secondary N) is 1. The number of Topliss-reactive ketones (excluding diaryl/α,β-unsaturated/α-hetero) is 1.